The molecule has 5 nitrogen and oxygen atoms in total. The fourth-order valence-corrected chi connectivity index (χ4v) is 2.61. The molecule has 2 atom stereocenters. The van der Waals surface area contributed by atoms with Crippen LogP contribution in [0.1, 0.15) is 30.7 Å². The van der Waals surface area contributed by atoms with Crippen LogP contribution in [-0.2, 0) is 16.0 Å². The van der Waals surface area contributed by atoms with E-state index in [4.69, 9.17) is 10.5 Å². The first-order valence-electron chi connectivity index (χ1n) is 7.90. The Kier molecular flexibility index (Phi) is 6.23. The highest BCUT2D eigenvalue weighted by Crippen LogP contribution is 2.24. The smallest absolute Gasteiger partial charge is 0.225 e. The summed E-state index contributed by atoms with van der Waals surface area (Å²) >= 11 is 0. The number of hydrogen-bond acceptors (Lipinski definition) is 3. The number of aromatic nitrogens is 1. The quantitative estimate of drug-likeness (QED) is 0.517. The van der Waals surface area contributed by atoms with Crippen LogP contribution in [0.3, 0.4) is 0 Å². The molecule has 0 radical (unpaired) electrons. The fourth-order valence-electron chi connectivity index (χ4n) is 2.61. The van der Waals surface area contributed by atoms with Crippen LogP contribution in [-0.4, -0.2) is 24.5 Å². The van der Waals surface area contributed by atoms with Gasteiger partial charge in [0.2, 0.25) is 5.91 Å². The maximum Gasteiger partial charge on any atom is 0.225 e. The molecule has 2 aromatic rings. The van der Waals surface area contributed by atoms with Crippen molar-refractivity contribution in [3.8, 4) is 0 Å². The summed E-state index contributed by atoms with van der Waals surface area (Å²) in [7, 11) is 1.62. The van der Waals surface area contributed by atoms with Crippen molar-refractivity contribution in [2.75, 3.05) is 19.4 Å². The van der Waals surface area contributed by atoms with Crippen molar-refractivity contribution in [3.05, 3.63) is 53.9 Å². The maximum absolute atomic E-state index is 12.3. The standard InChI is InChI=1S/C18H25N3O2/c1-13(17(23-2)16-6-4-11-20-16)18(22)21-12-3-5-14-7-9-15(19)10-8-14/h4,6-11,13,17,20H,3,5,12,19H2,1-2H3,(H,21,22)/t13-,17-/m1/s1. The summed E-state index contributed by atoms with van der Waals surface area (Å²) in [6.45, 7) is 2.53. The van der Waals surface area contributed by atoms with Crippen LogP contribution in [0, 0.1) is 5.92 Å². The van der Waals surface area contributed by atoms with Gasteiger partial charge in [0.05, 0.1) is 5.92 Å². The van der Waals surface area contributed by atoms with E-state index in [1.165, 1.54) is 5.56 Å². The van der Waals surface area contributed by atoms with E-state index in [1.807, 2.05) is 49.5 Å². The van der Waals surface area contributed by atoms with E-state index < -0.39 is 0 Å². The molecule has 0 fully saturated rings. The molecule has 4 N–H and O–H groups in total. The molecule has 0 unspecified atom stereocenters. The second-order valence-corrected chi connectivity index (χ2v) is 5.71. The van der Waals surface area contributed by atoms with Gasteiger partial charge in [-0.1, -0.05) is 19.1 Å². The molecule has 0 aliphatic carbocycles. The van der Waals surface area contributed by atoms with Gasteiger partial charge < -0.3 is 20.8 Å². The fraction of sp³-hybridized carbons (Fsp3) is 0.389. The number of carbonyl (C=O) groups is 1. The summed E-state index contributed by atoms with van der Waals surface area (Å²) in [5.41, 5.74) is 8.57. The van der Waals surface area contributed by atoms with Crippen LogP contribution >= 0.6 is 0 Å². The minimum absolute atomic E-state index is 0.00348. The molecular formula is C18H25N3O2. The van der Waals surface area contributed by atoms with Crippen LogP contribution in [0.4, 0.5) is 5.69 Å². The third kappa shape index (κ3) is 4.86. The number of methoxy groups -OCH3 is 1. The van der Waals surface area contributed by atoms with Crippen molar-refractivity contribution in [3.63, 3.8) is 0 Å². The average molecular weight is 315 g/mol. The Hall–Kier alpha value is -2.27. The van der Waals surface area contributed by atoms with Gasteiger partial charge in [-0.15, -0.1) is 0 Å². The predicted octanol–water partition coefficient (Wildman–Crippen LogP) is 2.67. The third-order valence-electron chi connectivity index (χ3n) is 3.97. The molecule has 1 aromatic carbocycles. The van der Waals surface area contributed by atoms with E-state index in [-0.39, 0.29) is 17.9 Å². The molecule has 0 aliphatic heterocycles. The average Bonchev–Trinajstić information content (AvgIpc) is 3.08. The zero-order valence-corrected chi connectivity index (χ0v) is 13.7. The molecule has 124 valence electrons. The van der Waals surface area contributed by atoms with E-state index in [9.17, 15) is 4.79 Å². The van der Waals surface area contributed by atoms with Crippen molar-refractivity contribution in [1.29, 1.82) is 0 Å². The number of carbonyl (C=O) groups excluding carboxylic acids is 1. The third-order valence-corrected chi connectivity index (χ3v) is 3.97. The van der Waals surface area contributed by atoms with Gasteiger partial charge in [0, 0.05) is 31.2 Å². The van der Waals surface area contributed by atoms with Gasteiger partial charge in [0.15, 0.2) is 0 Å². The summed E-state index contributed by atoms with van der Waals surface area (Å²) in [6.07, 6.45) is 3.38. The number of aromatic amines is 1. The number of amides is 1. The second-order valence-electron chi connectivity index (χ2n) is 5.71. The minimum atomic E-state index is -0.262. The Morgan fingerprint density at radius 3 is 2.65 bits per heavy atom. The van der Waals surface area contributed by atoms with Crippen molar-refractivity contribution in [1.82, 2.24) is 10.3 Å². The number of nitrogens with one attached hydrogen (secondary N) is 2. The van der Waals surface area contributed by atoms with Crippen LogP contribution in [0.15, 0.2) is 42.6 Å². The number of ether oxygens (including phenoxy) is 1. The molecule has 2 rings (SSSR count). The van der Waals surface area contributed by atoms with Gasteiger partial charge >= 0.3 is 0 Å². The van der Waals surface area contributed by atoms with Gasteiger partial charge in [-0.2, -0.15) is 0 Å². The number of nitrogen functional groups attached to an aromatic ring is 1. The lowest BCUT2D eigenvalue weighted by atomic mass is 10.0. The summed E-state index contributed by atoms with van der Waals surface area (Å²) in [4.78, 5) is 15.4. The molecule has 0 saturated heterocycles. The SMILES string of the molecule is CO[C@@H](c1ccc[nH]1)[C@@H](C)C(=O)NCCCc1ccc(N)cc1. The number of anilines is 1. The number of nitrogens with two attached hydrogens (primary N) is 1. The van der Waals surface area contributed by atoms with Crippen LogP contribution in [0.5, 0.6) is 0 Å². The molecule has 23 heavy (non-hydrogen) atoms. The molecule has 0 bridgehead atoms. The summed E-state index contributed by atoms with van der Waals surface area (Å²) in [6, 6.07) is 11.7. The monoisotopic (exact) mass is 315 g/mol. The highest BCUT2D eigenvalue weighted by molar-refractivity contribution is 5.79. The minimum Gasteiger partial charge on any atom is -0.399 e. The highest BCUT2D eigenvalue weighted by Gasteiger charge is 2.25. The van der Waals surface area contributed by atoms with Gasteiger partial charge in [0.1, 0.15) is 6.10 Å². The molecule has 0 aliphatic rings. The van der Waals surface area contributed by atoms with Crippen LogP contribution in [0.2, 0.25) is 0 Å². The molecular weight excluding hydrogens is 290 g/mol. The molecule has 1 heterocycles. The number of H-pyrrole nitrogens is 1. The number of benzene rings is 1. The first kappa shape index (κ1) is 17.1. The van der Waals surface area contributed by atoms with Gasteiger partial charge in [-0.05, 0) is 42.7 Å². The first-order valence-corrected chi connectivity index (χ1v) is 7.90. The second kappa shape index (κ2) is 8.39. The van der Waals surface area contributed by atoms with Crippen LogP contribution in [0.25, 0.3) is 0 Å². The highest BCUT2D eigenvalue weighted by atomic mass is 16.5. The van der Waals surface area contributed by atoms with E-state index >= 15 is 0 Å². The Morgan fingerprint density at radius 2 is 2.04 bits per heavy atom. The summed E-state index contributed by atoms with van der Waals surface area (Å²) < 4.78 is 5.46. The van der Waals surface area contributed by atoms with E-state index in [1.54, 1.807) is 7.11 Å². The Labute approximate surface area is 137 Å². The van der Waals surface area contributed by atoms with E-state index in [0.29, 0.717) is 6.54 Å². The topological polar surface area (TPSA) is 80.1 Å². The predicted molar refractivity (Wildman–Crippen MR) is 91.9 cm³/mol. The van der Waals surface area contributed by atoms with Gasteiger partial charge in [-0.25, -0.2) is 0 Å². The Morgan fingerprint density at radius 1 is 1.30 bits per heavy atom. The Bertz CT molecular complexity index is 593. The largest absolute Gasteiger partial charge is 0.399 e. The van der Waals surface area contributed by atoms with Gasteiger partial charge in [-0.3, -0.25) is 4.79 Å². The van der Waals surface area contributed by atoms with Gasteiger partial charge in [0.25, 0.3) is 0 Å². The number of rotatable bonds is 8. The molecule has 0 saturated carbocycles. The van der Waals surface area contributed by atoms with Crippen molar-refractivity contribution in [2.45, 2.75) is 25.9 Å². The van der Waals surface area contributed by atoms with Crippen molar-refractivity contribution >= 4 is 11.6 Å². The number of hydrogen-bond donors (Lipinski definition) is 3. The molecule has 1 amide bonds. The summed E-state index contributed by atoms with van der Waals surface area (Å²) in [5, 5.41) is 2.98. The molecule has 0 spiro atoms. The molecule has 1 aromatic heterocycles. The zero-order valence-electron chi connectivity index (χ0n) is 13.7. The first-order chi connectivity index (χ1) is 11.1. The Balaban J connectivity index is 1.76. The molecule has 5 heteroatoms. The summed E-state index contributed by atoms with van der Waals surface area (Å²) in [5.74, 6) is -0.251. The maximum atomic E-state index is 12.3. The zero-order chi connectivity index (χ0) is 16.7. The normalized spacial score (nSPS) is 13.5. The lowest BCUT2D eigenvalue weighted by molar-refractivity contribution is -0.129. The lowest BCUT2D eigenvalue weighted by Gasteiger charge is -2.21. The van der Waals surface area contributed by atoms with E-state index in [2.05, 4.69) is 10.3 Å². The lowest BCUT2D eigenvalue weighted by Crippen LogP contribution is -2.34. The van der Waals surface area contributed by atoms with E-state index in [0.717, 1.165) is 24.2 Å². The van der Waals surface area contributed by atoms with Crippen LogP contribution < -0.4 is 11.1 Å². The number of aryl methyl sites for hydroxylation is 1. The van der Waals surface area contributed by atoms with Crippen molar-refractivity contribution < 1.29 is 9.53 Å². The van der Waals surface area contributed by atoms with Crippen molar-refractivity contribution in [2.24, 2.45) is 5.92 Å².